The quantitative estimate of drug-likeness (QED) is 0.0400. The van der Waals surface area contributed by atoms with E-state index in [1.807, 2.05) is 0 Å². The molecule has 4 heteroatoms. The zero-order chi connectivity index (χ0) is 35.0. The van der Waals surface area contributed by atoms with Crippen LogP contribution in [0.5, 0.6) is 0 Å². The number of carbonyl (C=O) groups is 2. The lowest BCUT2D eigenvalue weighted by atomic mass is 10.0. The molecule has 0 saturated heterocycles. The summed E-state index contributed by atoms with van der Waals surface area (Å²) >= 11 is 0. The van der Waals surface area contributed by atoms with Crippen LogP contribution < -0.4 is 0 Å². The van der Waals surface area contributed by atoms with E-state index in [-0.39, 0.29) is 12.1 Å². The Morgan fingerprint density at radius 1 is 0.458 bits per heavy atom. The van der Waals surface area contributed by atoms with Crippen LogP contribution in [0.2, 0.25) is 0 Å². The molecular formula is C44H82O4. The molecule has 4 nitrogen and oxygen atoms in total. The maximum Gasteiger partial charge on any atom is 0.306 e. The first kappa shape index (κ1) is 46.4. The highest BCUT2D eigenvalue weighted by atomic mass is 16.5. The fraction of sp³-hybridized carbons (Fsp3) is 0.864. The Balaban J connectivity index is 3.50. The molecule has 0 aliphatic heterocycles. The predicted molar refractivity (Wildman–Crippen MR) is 209 cm³/mol. The summed E-state index contributed by atoms with van der Waals surface area (Å²) in [5.41, 5.74) is 0. The van der Waals surface area contributed by atoms with Crippen molar-refractivity contribution in [2.45, 2.75) is 245 Å². The standard InChI is InChI=1S/C44H82O4/c1-3-5-6-7-8-9-10-11-12-13-14-15-16-17-18-22-25-28-31-34-37-41-44(47)48-42(38-4-2)39-35-32-29-26-23-20-19-21-24-27-30-33-36-40-43(45)46/h8-9,11-12,42H,3-7,10,13-41H2,1-2H3,(H,45,46)/b9-8-,12-11-. The maximum absolute atomic E-state index is 12.5. The molecule has 0 amide bonds. The molecule has 0 aliphatic rings. The molecule has 0 saturated carbocycles. The van der Waals surface area contributed by atoms with Crippen molar-refractivity contribution in [3.63, 3.8) is 0 Å². The van der Waals surface area contributed by atoms with E-state index in [1.54, 1.807) is 0 Å². The second-order valence-electron chi connectivity index (χ2n) is 14.5. The Bertz CT molecular complexity index is 727. The van der Waals surface area contributed by atoms with E-state index in [4.69, 9.17) is 9.84 Å². The molecule has 0 rings (SSSR count). The summed E-state index contributed by atoms with van der Waals surface area (Å²) in [7, 11) is 0. The van der Waals surface area contributed by atoms with E-state index >= 15 is 0 Å². The minimum Gasteiger partial charge on any atom is -0.481 e. The van der Waals surface area contributed by atoms with E-state index in [1.165, 1.54) is 161 Å². The van der Waals surface area contributed by atoms with Crippen LogP contribution in [0.15, 0.2) is 24.3 Å². The molecule has 0 aromatic heterocycles. The van der Waals surface area contributed by atoms with Crippen LogP contribution in [0, 0.1) is 0 Å². The van der Waals surface area contributed by atoms with Crippen LogP contribution in [-0.4, -0.2) is 23.1 Å². The first-order valence-corrected chi connectivity index (χ1v) is 21.3. The largest absolute Gasteiger partial charge is 0.481 e. The second kappa shape index (κ2) is 39.9. The number of esters is 1. The molecule has 282 valence electrons. The van der Waals surface area contributed by atoms with E-state index in [2.05, 4.69) is 38.2 Å². The van der Waals surface area contributed by atoms with Crippen molar-refractivity contribution < 1.29 is 19.4 Å². The van der Waals surface area contributed by atoms with Crippen LogP contribution in [0.4, 0.5) is 0 Å². The van der Waals surface area contributed by atoms with Gasteiger partial charge in [0, 0.05) is 12.8 Å². The molecule has 48 heavy (non-hydrogen) atoms. The van der Waals surface area contributed by atoms with Crippen molar-refractivity contribution in [3.8, 4) is 0 Å². The number of ether oxygens (including phenoxy) is 1. The highest BCUT2D eigenvalue weighted by Crippen LogP contribution is 2.18. The lowest BCUT2D eigenvalue weighted by Gasteiger charge is -2.17. The van der Waals surface area contributed by atoms with Gasteiger partial charge < -0.3 is 9.84 Å². The Morgan fingerprint density at radius 2 is 0.854 bits per heavy atom. The molecule has 0 radical (unpaired) electrons. The lowest BCUT2D eigenvalue weighted by Crippen LogP contribution is -2.18. The van der Waals surface area contributed by atoms with Crippen LogP contribution >= 0.6 is 0 Å². The van der Waals surface area contributed by atoms with Crippen molar-refractivity contribution in [2.24, 2.45) is 0 Å². The Labute approximate surface area is 299 Å². The molecule has 0 heterocycles. The number of hydrogen-bond acceptors (Lipinski definition) is 3. The van der Waals surface area contributed by atoms with Gasteiger partial charge in [-0.3, -0.25) is 9.59 Å². The highest BCUT2D eigenvalue weighted by Gasteiger charge is 2.13. The molecule has 0 aromatic rings. The molecule has 1 N–H and O–H groups in total. The number of rotatable bonds is 39. The molecule has 0 spiro atoms. The van der Waals surface area contributed by atoms with Crippen LogP contribution in [0.3, 0.4) is 0 Å². The maximum atomic E-state index is 12.5. The third-order valence-electron chi connectivity index (χ3n) is 9.66. The van der Waals surface area contributed by atoms with Crippen LogP contribution in [0.25, 0.3) is 0 Å². The summed E-state index contributed by atoms with van der Waals surface area (Å²) in [6, 6.07) is 0. The van der Waals surface area contributed by atoms with Crippen molar-refractivity contribution in [2.75, 3.05) is 0 Å². The number of unbranched alkanes of at least 4 members (excludes halogenated alkanes) is 26. The van der Waals surface area contributed by atoms with Crippen molar-refractivity contribution in [1.29, 1.82) is 0 Å². The number of aliphatic carboxylic acids is 1. The van der Waals surface area contributed by atoms with E-state index in [9.17, 15) is 9.59 Å². The highest BCUT2D eigenvalue weighted by molar-refractivity contribution is 5.69. The van der Waals surface area contributed by atoms with Crippen molar-refractivity contribution >= 4 is 11.9 Å². The molecular weight excluding hydrogens is 592 g/mol. The van der Waals surface area contributed by atoms with E-state index < -0.39 is 5.97 Å². The van der Waals surface area contributed by atoms with Gasteiger partial charge in [0.25, 0.3) is 0 Å². The smallest absolute Gasteiger partial charge is 0.306 e. The van der Waals surface area contributed by atoms with E-state index in [0.717, 1.165) is 51.4 Å². The van der Waals surface area contributed by atoms with Crippen molar-refractivity contribution in [3.05, 3.63) is 24.3 Å². The van der Waals surface area contributed by atoms with Gasteiger partial charge in [0.2, 0.25) is 0 Å². The summed E-state index contributed by atoms with van der Waals surface area (Å²) in [6.07, 6.45) is 51.3. The SMILES string of the molecule is CCCCC/C=C\C/C=C\CCCCCCCCCCCCCC(=O)OC(CCC)CCCCCCCCCCCCCCCC(=O)O. The molecule has 1 unspecified atom stereocenters. The van der Waals surface area contributed by atoms with Gasteiger partial charge in [-0.1, -0.05) is 186 Å². The Hall–Kier alpha value is -1.58. The predicted octanol–water partition coefficient (Wildman–Crippen LogP) is 14.8. The fourth-order valence-electron chi connectivity index (χ4n) is 6.56. The van der Waals surface area contributed by atoms with E-state index in [0.29, 0.717) is 12.8 Å². The van der Waals surface area contributed by atoms with Crippen molar-refractivity contribution in [1.82, 2.24) is 0 Å². The summed E-state index contributed by atoms with van der Waals surface area (Å²) in [5, 5.41) is 8.67. The van der Waals surface area contributed by atoms with Crippen LogP contribution in [0.1, 0.15) is 239 Å². The lowest BCUT2D eigenvalue weighted by molar-refractivity contribution is -0.150. The van der Waals surface area contributed by atoms with Gasteiger partial charge >= 0.3 is 11.9 Å². The summed E-state index contributed by atoms with van der Waals surface area (Å²) in [5.74, 6) is -0.641. The zero-order valence-corrected chi connectivity index (χ0v) is 32.3. The minimum absolute atomic E-state index is 0.0267. The van der Waals surface area contributed by atoms with Gasteiger partial charge in [-0.15, -0.1) is 0 Å². The monoisotopic (exact) mass is 675 g/mol. The van der Waals surface area contributed by atoms with Gasteiger partial charge in [0.05, 0.1) is 0 Å². The number of carboxylic acid groups (broad SMARTS) is 1. The Morgan fingerprint density at radius 3 is 1.29 bits per heavy atom. The molecule has 0 aliphatic carbocycles. The summed E-state index contributed by atoms with van der Waals surface area (Å²) in [4.78, 5) is 23.0. The van der Waals surface area contributed by atoms with Crippen LogP contribution in [-0.2, 0) is 14.3 Å². The number of carbonyl (C=O) groups excluding carboxylic acids is 1. The molecule has 0 bridgehead atoms. The molecule has 0 aromatic carbocycles. The summed E-state index contributed by atoms with van der Waals surface area (Å²) < 4.78 is 5.89. The minimum atomic E-state index is -0.668. The Kier molecular flexibility index (Phi) is 38.5. The number of allylic oxidation sites excluding steroid dienone is 4. The average molecular weight is 675 g/mol. The fourth-order valence-corrected chi connectivity index (χ4v) is 6.56. The first-order chi connectivity index (χ1) is 23.6. The third kappa shape index (κ3) is 38.9. The first-order valence-electron chi connectivity index (χ1n) is 21.3. The molecule has 1 atom stereocenters. The van der Waals surface area contributed by atoms with Gasteiger partial charge in [0.15, 0.2) is 0 Å². The topological polar surface area (TPSA) is 63.6 Å². The second-order valence-corrected chi connectivity index (χ2v) is 14.5. The zero-order valence-electron chi connectivity index (χ0n) is 32.3. The number of hydrogen-bond donors (Lipinski definition) is 1. The third-order valence-corrected chi connectivity index (χ3v) is 9.66. The van der Waals surface area contributed by atoms with Gasteiger partial charge in [0.1, 0.15) is 6.10 Å². The van der Waals surface area contributed by atoms with Gasteiger partial charge in [-0.05, 0) is 64.2 Å². The average Bonchev–Trinajstić information content (AvgIpc) is 3.07. The van der Waals surface area contributed by atoms with Gasteiger partial charge in [-0.2, -0.15) is 0 Å². The summed E-state index contributed by atoms with van der Waals surface area (Å²) in [6.45, 7) is 4.45. The van der Waals surface area contributed by atoms with Gasteiger partial charge in [-0.25, -0.2) is 0 Å². The molecule has 0 fully saturated rings. The number of carboxylic acids is 1. The normalized spacial score (nSPS) is 12.4.